The van der Waals surface area contributed by atoms with Crippen molar-refractivity contribution in [1.82, 2.24) is 5.32 Å². The Labute approximate surface area is 114 Å². The summed E-state index contributed by atoms with van der Waals surface area (Å²) in [4.78, 5) is 21.4. The first-order valence-corrected chi connectivity index (χ1v) is 5.33. The summed E-state index contributed by atoms with van der Waals surface area (Å²) in [5.74, 6) is -1.37. The monoisotopic (exact) mass is 277 g/mol. The van der Waals surface area contributed by atoms with Crippen molar-refractivity contribution in [2.75, 3.05) is 14.2 Å². The first-order valence-electron chi connectivity index (χ1n) is 5.33. The van der Waals surface area contributed by atoms with Crippen molar-refractivity contribution >= 4 is 17.7 Å². The van der Waals surface area contributed by atoms with E-state index in [1.807, 2.05) is 0 Å². The molecule has 1 amide bonds. The van der Waals surface area contributed by atoms with Crippen molar-refractivity contribution in [1.29, 1.82) is 5.26 Å². The maximum atomic E-state index is 11.4. The van der Waals surface area contributed by atoms with Crippen LogP contribution in [0.25, 0.3) is 6.08 Å². The van der Waals surface area contributed by atoms with Gasteiger partial charge in [0, 0.05) is 13.1 Å². The van der Waals surface area contributed by atoms with E-state index >= 15 is 0 Å². The van der Waals surface area contributed by atoms with Crippen LogP contribution in [0.1, 0.15) is 5.56 Å². The molecule has 0 aliphatic carbocycles. The first-order chi connectivity index (χ1) is 9.44. The lowest BCUT2D eigenvalue weighted by molar-refractivity contribution is -0.386. The third-order valence-corrected chi connectivity index (χ3v) is 2.40. The fourth-order valence-electron chi connectivity index (χ4n) is 1.44. The van der Waals surface area contributed by atoms with Crippen LogP contribution in [0.5, 0.6) is 11.5 Å². The van der Waals surface area contributed by atoms with Crippen molar-refractivity contribution < 1.29 is 19.6 Å². The second-order valence-corrected chi connectivity index (χ2v) is 3.60. The van der Waals surface area contributed by atoms with Gasteiger partial charge >= 0.3 is 5.69 Å². The molecule has 0 aromatic heterocycles. The number of benzene rings is 1. The molecule has 0 bridgehead atoms. The molecule has 0 saturated carbocycles. The molecule has 20 heavy (non-hydrogen) atoms. The zero-order chi connectivity index (χ0) is 15.3. The van der Waals surface area contributed by atoms with E-state index in [1.165, 1.54) is 20.2 Å². The number of hydrogen-bond acceptors (Lipinski definition) is 6. The molecule has 8 heteroatoms. The van der Waals surface area contributed by atoms with Crippen LogP contribution >= 0.6 is 0 Å². The van der Waals surface area contributed by atoms with Crippen molar-refractivity contribution in [2.24, 2.45) is 0 Å². The van der Waals surface area contributed by atoms with Gasteiger partial charge in [0.05, 0.1) is 12.0 Å². The molecule has 1 aromatic carbocycles. The predicted octanol–water partition coefficient (Wildman–Crippen LogP) is 0.962. The number of aromatic hydroxyl groups is 1. The van der Waals surface area contributed by atoms with Crippen molar-refractivity contribution in [3.8, 4) is 17.6 Å². The zero-order valence-corrected chi connectivity index (χ0v) is 10.7. The molecule has 0 unspecified atom stereocenters. The normalized spacial score (nSPS) is 10.6. The zero-order valence-electron chi connectivity index (χ0n) is 10.7. The lowest BCUT2D eigenvalue weighted by Gasteiger charge is -2.05. The summed E-state index contributed by atoms with van der Waals surface area (Å²) >= 11 is 0. The van der Waals surface area contributed by atoms with Crippen LogP contribution in [0.4, 0.5) is 5.69 Å². The summed E-state index contributed by atoms with van der Waals surface area (Å²) in [7, 11) is 2.59. The van der Waals surface area contributed by atoms with Gasteiger partial charge in [0.25, 0.3) is 5.91 Å². The van der Waals surface area contributed by atoms with Crippen LogP contribution in [0, 0.1) is 21.4 Å². The molecule has 2 N–H and O–H groups in total. The van der Waals surface area contributed by atoms with Gasteiger partial charge in [-0.05, 0) is 17.7 Å². The number of hydrogen-bond donors (Lipinski definition) is 2. The SMILES string of the molecule is CNC(=O)/C(C#N)=C\c1cc(OC)c(O)c([N+](=O)[O-])c1. The van der Waals surface area contributed by atoms with Crippen molar-refractivity contribution in [3.05, 3.63) is 33.4 Å². The molecule has 0 spiro atoms. The number of amides is 1. The van der Waals surface area contributed by atoms with Crippen LogP contribution in [-0.2, 0) is 4.79 Å². The Morgan fingerprint density at radius 3 is 2.70 bits per heavy atom. The summed E-state index contributed by atoms with van der Waals surface area (Å²) in [5, 5.41) is 31.5. The Hall–Kier alpha value is -3.08. The predicted molar refractivity (Wildman–Crippen MR) is 69.0 cm³/mol. The van der Waals surface area contributed by atoms with Gasteiger partial charge in [0.2, 0.25) is 5.75 Å². The Balaban J connectivity index is 3.43. The number of methoxy groups -OCH3 is 1. The third kappa shape index (κ3) is 3.02. The number of phenolic OH excluding ortho intramolecular Hbond substituents is 1. The fourth-order valence-corrected chi connectivity index (χ4v) is 1.44. The van der Waals surface area contributed by atoms with Gasteiger partial charge in [0.1, 0.15) is 11.6 Å². The highest BCUT2D eigenvalue weighted by atomic mass is 16.6. The molecular weight excluding hydrogens is 266 g/mol. The van der Waals surface area contributed by atoms with Crippen LogP contribution < -0.4 is 10.1 Å². The number of phenols is 1. The number of nitro groups is 1. The van der Waals surface area contributed by atoms with Crippen LogP contribution in [0.2, 0.25) is 0 Å². The second-order valence-electron chi connectivity index (χ2n) is 3.60. The molecule has 0 saturated heterocycles. The number of rotatable bonds is 4. The lowest BCUT2D eigenvalue weighted by Crippen LogP contribution is -2.19. The maximum absolute atomic E-state index is 11.4. The van der Waals surface area contributed by atoms with Gasteiger partial charge in [-0.15, -0.1) is 0 Å². The Kier molecular flexibility index (Phi) is 4.64. The van der Waals surface area contributed by atoms with Gasteiger partial charge in [-0.1, -0.05) is 0 Å². The second kappa shape index (κ2) is 6.19. The van der Waals surface area contributed by atoms with Gasteiger partial charge in [-0.25, -0.2) is 0 Å². The van der Waals surface area contributed by atoms with Gasteiger partial charge in [-0.3, -0.25) is 14.9 Å². The first kappa shape index (κ1) is 15.0. The van der Waals surface area contributed by atoms with Gasteiger partial charge < -0.3 is 15.2 Å². The Bertz CT molecular complexity index is 631. The van der Waals surface area contributed by atoms with E-state index in [-0.39, 0.29) is 16.9 Å². The van der Waals surface area contributed by atoms with Crippen LogP contribution in [0.3, 0.4) is 0 Å². The maximum Gasteiger partial charge on any atom is 0.315 e. The number of nitro benzene ring substituents is 1. The third-order valence-electron chi connectivity index (χ3n) is 2.40. The van der Waals surface area contributed by atoms with E-state index in [2.05, 4.69) is 5.32 Å². The average molecular weight is 277 g/mol. The molecule has 0 atom stereocenters. The molecule has 0 aliphatic rings. The molecule has 1 aromatic rings. The van der Waals surface area contributed by atoms with E-state index in [9.17, 15) is 20.0 Å². The Morgan fingerprint density at radius 1 is 1.60 bits per heavy atom. The fraction of sp³-hybridized carbons (Fsp3) is 0.167. The van der Waals surface area contributed by atoms with Crippen LogP contribution in [-0.4, -0.2) is 30.1 Å². The average Bonchev–Trinajstić information content (AvgIpc) is 2.44. The number of carbonyl (C=O) groups is 1. The summed E-state index contributed by atoms with van der Waals surface area (Å²) in [6, 6.07) is 4.00. The van der Waals surface area contributed by atoms with Crippen LogP contribution in [0.15, 0.2) is 17.7 Å². The summed E-state index contributed by atoms with van der Waals surface area (Å²) in [6.07, 6.45) is 1.16. The molecule has 0 aliphatic heterocycles. The van der Waals surface area contributed by atoms with Gasteiger partial charge in [0.15, 0.2) is 5.75 Å². The number of carbonyl (C=O) groups excluding carboxylic acids is 1. The molecule has 0 heterocycles. The van der Waals surface area contributed by atoms with E-state index in [4.69, 9.17) is 10.00 Å². The topological polar surface area (TPSA) is 125 Å². The quantitative estimate of drug-likeness (QED) is 0.365. The minimum atomic E-state index is -0.791. The Morgan fingerprint density at radius 2 is 2.25 bits per heavy atom. The van der Waals surface area contributed by atoms with E-state index in [0.29, 0.717) is 0 Å². The van der Waals surface area contributed by atoms with Crippen molar-refractivity contribution in [3.63, 3.8) is 0 Å². The highest BCUT2D eigenvalue weighted by Crippen LogP contribution is 2.37. The largest absolute Gasteiger partial charge is 0.500 e. The summed E-state index contributed by atoms with van der Waals surface area (Å²) < 4.78 is 4.81. The van der Waals surface area contributed by atoms with Gasteiger partial charge in [-0.2, -0.15) is 5.26 Å². The van der Waals surface area contributed by atoms with E-state index in [0.717, 1.165) is 12.1 Å². The number of nitriles is 1. The minimum Gasteiger partial charge on any atom is -0.500 e. The minimum absolute atomic E-state index is 0.125. The highest BCUT2D eigenvalue weighted by Gasteiger charge is 2.20. The lowest BCUT2D eigenvalue weighted by atomic mass is 10.1. The number of nitrogens with one attached hydrogen (secondary N) is 1. The highest BCUT2D eigenvalue weighted by molar-refractivity contribution is 6.01. The molecule has 1 rings (SSSR count). The molecule has 8 nitrogen and oxygen atoms in total. The summed E-state index contributed by atoms with van der Waals surface area (Å²) in [6.45, 7) is 0. The van der Waals surface area contributed by atoms with E-state index < -0.39 is 22.3 Å². The number of likely N-dealkylation sites (N-methyl/N-ethyl adjacent to an activating group) is 1. The standard InChI is InChI=1S/C12H11N3O5/c1-14-12(17)8(6-13)3-7-4-9(15(18)19)11(16)10(5-7)20-2/h3-5,16H,1-2H3,(H,14,17)/b8-3-. The van der Waals surface area contributed by atoms with E-state index in [1.54, 1.807) is 6.07 Å². The molecular formula is C12H11N3O5. The number of ether oxygens (including phenoxy) is 1. The summed E-state index contributed by atoms with van der Waals surface area (Å²) in [5.41, 5.74) is -0.620. The molecule has 0 fully saturated rings. The number of nitrogens with zero attached hydrogens (tertiary/aromatic N) is 2. The molecule has 0 radical (unpaired) electrons. The van der Waals surface area contributed by atoms with Crippen molar-refractivity contribution in [2.45, 2.75) is 0 Å². The smallest absolute Gasteiger partial charge is 0.315 e. The molecule has 104 valence electrons.